The Kier molecular flexibility index (Phi) is 5.25. The smallest absolute Gasteiger partial charge is 0.248 e. The second-order valence-electron chi connectivity index (χ2n) is 5.55. The SMILES string of the molecule is O=C(Cc1cc2c(cc1Cl)OCCO2)NCC(O)c1cccc(=O)[nH]1. The molecule has 132 valence electrons. The van der Waals surface area contributed by atoms with Crippen LogP contribution >= 0.6 is 11.6 Å². The lowest BCUT2D eigenvalue weighted by atomic mass is 10.1. The first-order valence-corrected chi connectivity index (χ1v) is 8.13. The Hall–Kier alpha value is -2.51. The molecule has 2 heterocycles. The van der Waals surface area contributed by atoms with E-state index in [-0.39, 0.29) is 24.4 Å². The summed E-state index contributed by atoms with van der Waals surface area (Å²) in [5, 5.41) is 13.0. The third-order valence-electron chi connectivity index (χ3n) is 3.70. The predicted octanol–water partition coefficient (Wildman–Crippen LogP) is 1.19. The Morgan fingerprint density at radius 2 is 2.00 bits per heavy atom. The molecule has 1 amide bonds. The van der Waals surface area contributed by atoms with Gasteiger partial charge in [-0.1, -0.05) is 17.7 Å². The topological polar surface area (TPSA) is 101 Å². The number of fused-ring (bicyclic) bond motifs is 1. The number of benzene rings is 1. The Morgan fingerprint density at radius 1 is 1.28 bits per heavy atom. The van der Waals surface area contributed by atoms with Crippen molar-refractivity contribution in [2.24, 2.45) is 0 Å². The second kappa shape index (κ2) is 7.58. The molecular weight excluding hydrogens is 348 g/mol. The van der Waals surface area contributed by atoms with Gasteiger partial charge in [-0.25, -0.2) is 0 Å². The zero-order valence-corrected chi connectivity index (χ0v) is 14.0. The molecule has 1 aromatic carbocycles. The predicted molar refractivity (Wildman–Crippen MR) is 91.2 cm³/mol. The summed E-state index contributed by atoms with van der Waals surface area (Å²) in [5.74, 6) is 0.806. The molecule has 0 aliphatic carbocycles. The Balaban J connectivity index is 1.60. The lowest BCUT2D eigenvalue weighted by Gasteiger charge is -2.19. The number of nitrogens with one attached hydrogen (secondary N) is 2. The quantitative estimate of drug-likeness (QED) is 0.740. The third-order valence-corrected chi connectivity index (χ3v) is 4.06. The zero-order chi connectivity index (χ0) is 17.8. The highest BCUT2D eigenvalue weighted by atomic mass is 35.5. The van der Waals surface area contributed by atoms with Crippen molar-refractivity contribution in [3.05, 3.63) is 57.0 Å². The maximum absolute atomic E-state index is 12.1. The van der Waals surface area contributed by atoms with Gasteiger partial charge in [-0.2, -0.15) is 0 Å². The fourth-order valence-corrected chi connectivity index (χ4v) is 2.68. The van der Waals surface area contributed by atoms with Crippen molar-refractivity contribution in [3.8, 4) is 11.5 Å². The van der Waals surface area contributed by atoms with E-state index in [1.807, 2.05) is 0 Å². The van der Waals surface area contributed by atoms with Crippen LogP contribution in [-0.2, 0) is 11.2 Å². The molecule has 0 spiro atoms. The van der Waals surface area contributed by atoms with Gasteiger partial charge in [-0.05, 0) is 17.7 Å². The molecular formula is C17H17ClN2O5. The van der Waals surface area contributed by atoms with Crippen LogP contribution in [0, 0.1) is 0 Å². The first-order valence-electron chi connectivity index (χ1n) is 7.75. The molecule has 1 aliphatic rings. The number of halogens is 1. The molecule has 0 radical (unpaired) electrons. The number of hydrogen-bond donors (Lipinski definition) is 3. The van der Waals surface area contributed by atoms with E-state index in [0.717, 1.165) is 0 Å². The molecule has 0 bridgehead atoms. The molecule has 0 saturated carbocycles. The number of H-pyrrole nitrogens is 1. The van der Waals surface area contributed by atoms with Crippen molar-refractivity contribution in [3.63, 3.8) is 0 Å². The van der Waals surface area contributed by atoms with E-state index >= 15 is 0 Å². The summed E-state index contributed by atoms with van der Waals surface area (Å²) >= 11 is 6.18. The zero-order valence-electron chi connectivity index (χ0n) is 13.3. The van der Waals surface area contributed by atoms with Crippen LogP contribution < -0.4 is 20.3 Å². The van der Waals surface area contributed by atoms with Crippen LogP contribution in [0.2, 0.25) is 5.02 Å². The largest absolute Gasteiger partial charge is 0.486 e. The van der Waals surface area contributed by atoms with Crippen molar-refractivity contribution < 1.29 is 19.4 Å². The van der Waals surface area contributed by atoms with Gasteiger partial charge in [0.15, 0.2) is 11.5 Å². The average molecular weight is 365 g/mol. The molecule has 0 saturated heterocycles. The van der Waals surface area contributed by atoms with Crippen molar-refractivity contribution in [1.82, 2.24) is 10.3 Å². The van der Waals surface area contributed by atoms with Crippen molar-refractivity contribution in [2.75, 3.05) is 19.8 Å². The number of aliphatic hydroxyl groups is 1. The highest BCUT2D eigenvalue weighted by molar-refractivity contribution is 6.31. The highest BCUT2D eigenvalue weighted by Gasteiger charge is 2.17. The van der Waals surface area contributed by atoms with Gasteiger partial charge in [-0.3, -0.25) is 9.59 Å². The Bertz CT molecular complexity index is 836. The van der Waals surface area contributed by atoms with E-state index in [1.54, 1.807) is 18.2 Å². The minimum atomic E-state index is -1.01. The molecule has 25 heavy (non-hydrogen) atoms. The number of aromatic nitrogens is 1. The summed E-state index contributed by atoms with van der Waals surface area (Å²) in [5.41, 5.74) is 0.627. The standard InChI is InChI=1S/C17H17ClN2O5/c18-11-8-15-14(24-4-5-25-15)6-10(11)7-17(23)19-9-13(21)12-2-1-3-16(22)20-12/h1-3,6,8,13,21H,4-5,7,9H2,(H,19,23)(H,20,22). The highest BCUT2D eigenvalue weighted by Crippen LogP contribution is 2.35. The van der Waals surface area contributed by atoms with Gasteiger partial charge in [0, 0.05) is 29.4 Å². The van der Waals surface area contributed by atoms with Gasteiger partial charge in [-0.15, -0.1) is 0 Å². The molecule has 1 atom stereocenters. The van der Waals surface area contributed by atoms with Crippen molar-refractivity contribution in [2.45, 2.75) is 12.5 Å². The maximum Gasteiger partial charge on any atom is 0.248 e. The van der Waals surface area contributed by atoms with Gasteiger partial charge in [0.1, 0.15) is 19.3 Å². The van der Waals surface area contributed by atoms with E-state index in [1.165, 1.54) is 12.1 Å². The summed E-state index contributed by atoms with van der Waals surface area (Å²) in [7, 11) is 0. The second-order valence-corrected chi connectivity index (χ2v) is 5.96. The maximum atomic E-state index is 12.1. The van der Waals surface area contributed by atoms with Crippen LogP contribution in [0.1, 0.15) is 17.4 Å². The summed E-state index contributed by atoms with van der Waals surface area (Å²) in [6.45, 7) is 0.880. The molecule has 7 nitrogen and oxygen atoms in total. The van der Waals surface area contributed by atoms with Crippen LogP contribution in [0.4, 0.5) is 0 Å². The molecule has 1 unspecified atom stereocenters. The number of rotatable bonds is 5. The van der Waals surface area contributed by atoms with Crippen LogP contribution in [0.5, 0.6) is 11.5 Å². The van der Waals surface area contributed by atoms with E-state index in [4.69, 9.17) is 21.1 Å². The first-order chi connectivity index (χ1) is 12.0. The molecule has 1 aliphatic heterocycles. The van der Waals surface area contributed by atoms with E-state index < -0.39 is 6.10 Å². The average Bonchev–Trinajstić information content (AvgIpc) is 2.60. The Labute approximate surface area is 148 Å². The number of carbonyl (C=O) groups excluding carboxylic acids is 1. The minimum Gasteiger partial charge on any atom is -0.486 e. The monoisotopic (exact) mass is 364 g/mol. The van der Waals surface area contributed by atoms with E-state index in [9.17, 15) is 14.7 Å². The van der Waals surface area contributed by atoms with Crippen molar-refractivity contribution >= 4 is 17.5 Å². The molecule has 0 fully saturated rings. The molecule has 2 aromatic rings. The summed E-state index contributed by atoms with van der Waals surface area (Å²) < 4.78 is 10.9. The van der Waals surface area contributed by atoms with Gasteiger partial charge in [0.05, 0.1) is 6.42 Å². The number of aliphatic hydroxyl groups excluding tert-OH is 1. The lowest BCUT2D eigenvalue weighted by molar-refractivity contribution is -0.120. The number of carbonyl (C=O) groups is 1. The number of pyridine rings is 1. The summed E-state index contributed by atoms with van der Waals surface area (Å²) in [6, 6.07) is 7.77. The number of hydrogen-bond acceptors (Lipinski definition) is 5. The fraction of sp³-hybridized carbons (Fsp3) is 0.294. The Morgan fingerprint density at radius 3 is 2.72 bits per heavy atom. The van der Waals surface area contributed by atoms with E-state index in [2.05, 4.69) is 10.3 Å². The van der Waals surface area contributed by atoms with Crippen molar-refractivity contribution in [1.29, 1.82) is 0 Å². The lowest BCUT2D eigenvalue weighted by Crippen LogP contribution is -2.30. The van der Waals surface area contributed by atoms with E-state index in [0.29, 0.717) is 41.0 Å². The van der Waals surface area contributed by atoms with Crippen LogP contribution in [-0.4, -0.2) is 35.8 Å². The molecule has 3 rings (SSSR count). The summed E-state index contributed by atoms with van der Waals surface area (Å²) in [4.78, 5) is 25.9. The molecule has 1 aromatic heterocycles. The van der Waals surface area contributed by atoms with Gasteiger partial charge < -0.3 is 24.9 Å². The minimum absolute atomic E-state index is 0.0268. The van der Waals surface area contributed by atoms with Crippen LogP contribution in [0.15, 0.2) is 35.1 Å². The number of aromatic amines is 1. The third kappa shape index (κ3) is 4.32. The fourth-order valence-electron chi connectivity index (χ4n) is 2.46. The van der Waals surface area contributed by atoms with Gasteiger partial charge >= 0.3 is 0 Å². The number of amides is 1. The molecule has 3 N–H and O–H groups in total. The molecule has 8 heteroatoms. The number of ether oxygens (including phenoxy) is 2. The van der Waals surface area contributed by atoms with Gasteiger partial charge in [0.2, 0.25) is 11.5 Å². The van der Waals surface area contributed by atoms with Gasteiger partial charge in [0.25, 0.3) is 0 Å². The summed E-state index contributed by atoms with van der Waals surface area (Å²) in [6.07, 6.45) is -0.971. The normalized spacial score (nSPS) is 14.0. The first kappa shape index (κ1) is 17.3. The van der Waals surface area contributed by atoms with Crippen LogP contribution in [0.3, 0.4) is 0 Å². The van der Waals surface area contributed by atoms with Crippen LogP contribution in [0.25, 0.3) is 0 Å².